The second-order valence-corrected chi connectivity index (χ2v) is 7.81. The van der Waals surface area contributed by atoms with Gasteiger partial charge in [0.1, 0.15) is 22.0 Å². The molecule has 0 bridgehead atoms. The Morgan fingerprint density at radius 1 is 1.19 bits per heavy atom. The number of ether oxygens (including phenoxy) is 2. The molecule has 0 unspecified atom stereocenters. The predicted octanol–water partition coefficient (Wildman–Crippen LogP) is 2.29. The van der Waals surface area contributed by atoms with Crippen LogP contribution >= 0.6 is 11.3 Å². The normalized spacial score (nSPS) is 25.3. The number of likely N-dealkylation sites (N-methyl/N-ethyl adjacent to an activating group) is 1. The van der Waals surface area contributed by atoms with Crippen LogP contribution in [0.2, 0.25) is 0 Å². The van der Waals surface area contributed by atoms with Crippen molar-refractivity contribution < 1.29 is 19.1 Å². The summed E-state index contributed by atoms with van der Waals surface area (Å²) < 4.78 is 10.8. The summed E-state index contributed by atoms with van der Waals surface area (Å²) in [6.45, 7) is 1.09. The molecule has 2 atom stereocenters. The number of nitrogens with zero attached hydrogens (tertiary/aromatic N) is 2. The SMILES string of the molecule is COc1cc(OC)cc([C@H]2CN(C)C[C@]23NC(=O)N(c2cccs2)C3=O)c1. The molecule has 0 radical (unpaired) electrons. The lowest BCUT2D eigenvalue weighted by Gasteiger charge is -2.28. The van der Waals surface area contributed by atoms with E-state index in [4.69, 9.17) is 9.47 Å². The first-order valence-electron chi connectivity index (χ1n) is 8.60. The lowest BCUT2D eigenvalue weighted by molar-refractivity contribution is -0.122. The van der Waals surface area contributed by atoms with E-state index in [-0.39, 0.29) is 17.9 Å². The Balaban J connectivity index is 1.78. The number of amides is 3. The van der Waals surface area contributed by atoms with Crippen molar-refractivity contribution in [3.63, 3.8) is 0 Å². The average molecular weight is 387 g/mol. The molecule has 2 aliphatic rings. The second-order valence-electron chi connectivity index (χ2n) is 6.89. The lowest BCUT2D eigenvalue weighted by Crippen LogP contribution is -2.52. The topological polar surface area (TPSA) is 71.1 Å². The van der Waals surface area contributed by atoms with E-state index in [1.54, 1.807) is 26.4 Å². The third-order valence-electron chi connectivity index (χ3n) is 5.23. The van der Waals surface area contributed by atoms with Gasteiger partial charge in [0.05, 0.1) is 14.2 Å². The van der Waals surface area contributed by atoms with Gasteiger partial charge in [0.2, 0.25) is 0 Å². The molecule has 3 heterocycles. The minimum Gasteiger partial charge on any atom is -0.497 e. The van der Waals surface area contributed by atoms with Crippen LogP contribution in [-0.4, -0.2) is 56.7 Å². The van der Waals surface area contributed by atoms with Crippen molar-refractivity contribution in [3.05, 3.63) is 41.3 Å². The summed E-state index contributed by atoms with van der Waals surface area (Å²) in [4.78, 5) is 29.5. The van der Waals surface area contributed by atoms with Gasteiger partial charge < -0.3 is 19.7 Å². The van der Waals surface area contributed by atoms with Crippen LogP contribution in [0.4, 0.5) is 9.80 Å². The van der Waals surface area contributed by atoms with Crippen LogP contribution in [0.5, 0.6) is 11.5 Å². The Morgan fingerprint density at radius 2 is 1.89 bits per heavy atom. The smallest absolute Gasteiger partial charge is 0.330 e. The number of likely N-dealkylation sites (tertiary alicyclic amines) is 1. The highest BCUT2D eigenvalue weighted by atomic mass is 32.1. The molecule has 1 N–H and O–H groups in total. The number of hydrogen-bond acceptors (Lipinski definition) is 6. The zero-order chi connectivity index (χ0) is 19.2. The van der Waals surface area contributed by atoms with E-state index in [2.05, 4.69) is 10.2 Å². The number of imide groups is 1. The number of hydrogen-bond donors (Lipinski definition) is 1. The molecule has 2 aliphatic heterocycles. The number of benzene rings is 1. The molecule has 3 amide bonds. The number of carbonyl (C=O) groups excluding carboxylic acids is 2. The molecule has 0 aliphatic carbocycles. The van der Waals surface area contributed by atoms with Gasteiger partial charge in [-0.3, -0.25) is 4.79 Å². The Labute approximate surface area is 161 Å². The largest absolute Gasteiger partial charge is 0.497 e. The van der Waals surface area contributed by atoms with Crippen LogP contribution in [0, 0.1) is 0 Å². The second kappa shape index (κ2) is 6.54. The number of methoxy groups -OCH3 is 2. The summed E-state index contributed by atoms with van der Waals surface area (Å²) in [6, 6.07) is 8.84. The van der Waals surface area contributed by atoms with Gasteiger partial charge in [-0.15, -0.1) is 11.3 Å². The van der Waals surface area contributed by atoms with Gasteiger partial charge in [-0.1, -0.05) is 0 Å². The van der Waals surface area contributed by atoms with Gasteiger partial charge in [-0.05, 0) is 42.3 Å². The molecule has 27 heavy (non-hydrogen) atoms. The van der Waals surface area contributed by atoms with Crippen molar-refractivity contribution in [2.45, 2.75) is 11.5 Å². The van der Waals surface area contributed by atoms with Crippen LogP contribution in [-0.2, 0) is 4.79 Å². The molecule has 8 heteroatoms. The van der Waals surface area contributed by atoms with Crippen molar-refractivity contribution >= 4 is 28.3 Å². The molecule has 2 fully saturated rings. The highest BCUT2D eigenvalue weighted by Crippen LogP contribution is 2.43. The Bertz CT molecular complexity index is 863. The fourth-order valence-corrected chi connectivity index (χ4v) is 4.75. The third-order valence-corrected chi connectivity index (χ3v) is 6.08. The zero-order valence-corrected chi connectivity index (χ0v) is 16.2. The first-order valence-corrected chi connectivity index (χ1v) is 9.48. The molecule has 0 saturated carbocycles. The first kappa shape index (κ1) is 17.8. The maximum atomic E-state index is 13.4. The van der Waals surface area contributed by atoms with Crippen LogP contribution in [0.25, 0.3) is 0 Å². The van der Waals surface area contributed by atoms with Gasteiger partial charge in [0, 0.05) is 25.1 Å². The summed E-state index contributed by atoms with van der Waals surface area (Å²) >= 11 is 1.37. The molecule has 2 aromatic rings. The van der Waals surface area contributed by atoms with E-state index in [9.17, 15) is 9.59 Å². The number of thiophene rings is 1. The van der Waals surface area contributed by atoms with E-state index in [1.807, 2.05) is 30.6 Å². The Hall–Kier alpha value is -2.58. The summed E-state index contributed by atoms with van der Waals surface area (Å²) in [7, 11) is 5.14. The molecule has 2 saturated heterocycles. The molecule has 4 rings (SSSR count). The Kier molecular flexibility index (Phi) is 4.32. The molecule has 1 spiro atoms. The molecule has 1 aromatic heterocycles. The van der Waals surface area contributed by atoms with E-state index in [0.29, 0.717) is 29.6 Å². The van der Waals surface area contributed by atoms with E-state index < -0.39 is 5.54 Å². The Morgan fingerprint density at radius 3 is 2.48 bits per heavy atom. The first-order chi connectivity index (χ1) is 13.0. The van der Waals surface area contributed by atoms with Crippen LogP contribution in [0.15, 0.2) is 35.7 Å². The van der Waals surface area contributed by atoms with Crippen molar-refractivity contribution in [1.29, 1.82) is 0 Å². The number of anilines is 1. The summed E-state index contributed by atoms with van der Waals surface area (Å²) in [5.41, 5.74) is -0.107. The van der Waals surface area contributed by atoms with Crippen molar-refractivity contribution in [2.24, 2.45) is 0 Å². The molecular formula is C19H21N3O4S. The summed E-state index contributed by atoms with van der Waals surface area (Å²) in [6.07, 6.45) is 0. The number of rotatable bonds is 4. The van der Waals surface area contributed by atoms with Gasteiger partial charge in [-0.2, -0.15) is 0 Å². The maximum Gasteiger partial charge on any atom is 0.330 e. The highest BCUT2D eigenvalue weighted by molar-refractivity contribution is 7.14. The third kappa shape index (κ3) is 2.76. The van der Waals surface area contributed by atoms with Gasteiger partial charge in [0.15, 0.2) is 0 Å². The maximum absolute atomic E-state index is 13.4. The fourth-order valence-electron chi connectivity index (χ4n) is 4.02. The standard InChI is InChI=1S/C19H21N3O4S/c1-21-10-15(12-7-13(25-2)9-14(8-12)26-3)19(11-21)17(23)22(18(24)20-19)16-5-4-6-27-16/h4-9,15H,10-11H2,1-3H3,(H,20,24)/t15-,19+/m1/s1. The molecular weight excluding hydrogens is 366 g/mol. The highest BCUT2D eigenvalue weighted by Gasteiger charge is 2.60. The zero-order valence-electron chi connectivity index (χ0n) is 15.4. The summed E-state index contributed by atoms with van der Waals surface area (Å²) in [5.74, 6) is 0.876. The van der Waals surface area contributed by atoms with Gasteiger partial charge in [0.25, 0.3) is 5.91 Å². The van der Waals surface area contributed by atoms with Crippen molar-refractivity contribution in [1.82, 2.24) is 10.2 Å². The van der Waals surface area contributed by atoms with Gasteiger partial charge in [-0.25, -0.2) is 9.69 Å². The van der Waals surface area contributed by atoms with Gasteiger partial charge >= 0.3 is 6.03 Å². The number of urea groups is 1. The number of carbonyl (C=O) groups is 2. The minimum absolute atomic E-state index is 0.215. The number of nitrogens with one attached hydrogen (secondary N) is 1. The quantitative estimate of drug-likeness (QED) is 0.815. The van der Waals surface area contributed by atoms with Crippen LogP contribution in [0.1, 0.15) is 11.5 Å². The predicted molar refractivity (Wildman–Crippen MR) is 103 cm³/mol. The average Bonchev–Trinajstić information content (AvgIpc) is 3.34. The van der Waals surface area contributed by atoms with E-state index in [0.717, 1.165) is 5.56 Å². The molecule has 142 valence electrons. The van der Waals surface area contributed by atoms with E-state index in [1.165, 1.54) is 16.2 Å². The molecule has 1 aromatic carbocycles. The van der Waals surface area contributed by atoms with Crippen molar-refractivity contribution in [2.75, 3.05) is 39.3 Å². The minimum atomic E-state index is -1.01. The lowest BCUT2D eigenvalue weighted by atomic mass is 9.81. The van der Waals surface area contributed by atoms with Crippen molar-refractivity contribution in [3.8, 4) is 11.5 Å². The monoisotopic (exact) mass is 387 g/mol. The summed E-state index contributed by atoms with van der Waals surface area (Å²) in [5, 5.41) is 5.48. The molecule has 7 nitrogen and oxygen atoms in total. The van der Waals surface area contributed by atoms with E-state index >= 15 is 0 Å². The van der Waals surface area contributed by atoms with Crippen LogP contribution in [0.3, 0.4) is 0 Å². The van der Waals surface area contributed by atoms with Crippen LogP contribution < -0.4 is 19.7 Å². The fraction of sp³-hybridized carbons (Fsp3) is 0.368.